The molecule has 6 nitrogen and oxygen atoms in total. The number of nitrogens with zero attached hydrogens (tertiary/aromatic N) is 3. The number of rotatable bonds is 2. The lowest BCUT2D eigenvalue weighted by molar-refractivity contribution is -0.131. The zero-order valence-electron chi connectivity index (χ0n) is 10.7. The Labute approximate surface area is 115 Å². The molecule has 2 N–H and O–H groups in total. The SMILES string of the molecule is CN1c2ccc(C=CC(=O)O)cc2Nc2nccnc21. The molecular weight excluding hydrogens is 256 g/mol. The number of benzene rings is 1. The van der Waals surface area contributed by atoms with Crippen LogP contribution in [0.4, 0.5) is 23.0 Å². The second-order valence-electron chi connectivity index (χ2n) is 4.36. The van der Waals surface area contributed by atoms with Gasteiger partial charge < -0.3 is 15.3 Å². The molecule has 1 aromatic heterocycles. The third kappa shape index (κ3) is 2.07. The van der Waals surface area contributed by atoms with Crippen molar-refractivity contribution in [2.75, 3.05) is 17.3 Å². The first-order valence-electron chi connectivity index (χ1n) is 6.02. The summed E-state index contributed by atoms with van der Waals surface area (Å²) < 4.78 is 0. The predicted octanol–water partition coefficient (Wildman–Crippen LogP) is 2.40. The highest BCUT2D eigenvalue weighted by atomic mass is 16.4. The lowest BCUT2D eigenvalue weighted by Crippen LogP contribution is -2.19. The lowest BCUT2D eigenvalue weighted by atomic mass is 10.1. The average molecular weight is 268 g/mol. The number of hydrogen-bond donors (Lipinski definition) is 2. The Morgan fingerprint density at radius 2 is 2.15 bits per heavy atom. The molecule has 1 aliphatic heterocycles. The van der Waals surface area contributed by atoms with Crippen LogP contribution < -0.4 is 10.2 Å². The molecule has 1 aliphatic rings. The van der Waals surface area contributed by atoms with Gasteiger partial charge in [-0.25, -0.2) is 14.8 Å². The summed E-state index contributed by atoms with van der Waals surface area (Å²) in [5.74, 6) is 0.472. The zero-order chi connectivity index (χ0) is 14.1. The monoisotopic (exact) mass is 268 g/mol. The molecule has 100 valence electrons. The number of anilines is 4. The fourth-order valence-corrected chi connectivity index (χ4v) is 2.12. The molecule has 3 rings (SSSR count). The van der Waals surface area contributed by atoms with Crippen molar-refractivity contribution in [1.29, 1.82) is 0 Å². The molecule has 6 heteroatoms. The molecule has 0 aliphatic carbocycles. The number of carbonyl (C=O) groups is 1. The topological polar surface area (TPSA) is 78.4 Å². The molecule has 0 spiro atoms. The first kappa shape index (κ1) is 12.2. The van der Waals surface area contributed by atoms with Gasteiger partial charge in [0, 0.05) is 25.5 Å². The van der Waals surface area contributed by atoms with E-state index in [1.807, 2.05) is 30.1 Å². The fourth-order valence-electron chi connectivity index (χ4n) is 2.12. The number of nitrogens with one attached hydrogen (secondary N) is 1. The van der Waals surface area contributed by atoms with Crippen LogP contribution in [0.5, 0.6) is 0 Å². The van der Waals surface area contributed by atoms with Gasteiger partial charge in [0.25, 0.3) is 0 Å². The maximum absolute atomic E-state index is 10.5. The van der Waals surface area contributed by atoms with Gasteiger partial charge in [0.2, 0.25) is 0 Å². The summed E-state index contributed by atoms with van der Waals surface area (Å²) >= 11 is 0. The molecule has 0 radical (unpaired) electrons. The van der Waals surface area contributed by atoms with Crippen LogP contribution >= 0.6 is 0 Å². The van der Waals surface area contributed by atoms with Gasteiger partial charge in [0.15, 0.2) is 11.6 Å². The smallest absolute Gasteiger partial charge is 0.328 e. The van der Waals surface area contributed by atoms with Crippen LogP contribution in [0.1, 0.15) is 5.56 Å². The van der Waals surface area contributed by atoms with Crippen molar-refractivity contribution in [3.05, 3.63) is 42.2 Å². The molecule has 0 fully saturated rings. The van der Waals surface area contributed by atoms with Gasteiger partial charge >= 0.3 is 5.97 Å². The lowest BCUT2D eigenvalue weighted by Gasteiger charge is -2.28. The Kier molecular flexibility index (Phi) is 2.83. The van der Waals surface area contributed by atoms with Crippen molar-refractivity contribution in [3.8, 4) is 0 Å². The van der Waals surface area contributed by atoms with Gasteiger partial charge in [-0.05, 0) is 23.8 Å². The van der Waals surface area contributed by atoms with Crippen molar-refractivity contribution in [2.45, 2.75) is 0 Å². The number of fused-ring (bicyclic) bond motifs is 2. The van der Waals surface area contributed by atoms with Crippen LogP contribution in [0.3, 0.4) is 0 Å². The number of aromatic nitrogens is 2. The van der Waals surface area contributed by atoms with Crippen LogP contribution in [0.15, 0.2) is 36.7 Å². The Morgan fingerprint density at radius 1 is 1.35 bits per heavy atom. The number of carboxylic acids is 1. The molecule has 0 amide bonds. The summed E-state index contributed by atoms with van der Waals surface area (Å²) in [7, 11) is 1.92. The summed E-state index contributed by atoms with van der Waals surface area (Å²) in [4.78, 5) is 21.0. The van der Waals surface area contributed by atoms with Crippen molar-refractivity contribution in [2.24, 2.45) is 0 Å². The second kappa shape index (κ2) is 4.65. The van der Waals surface area contributed by atoms with Gasteiger partial charge in [0.05, 0.1) is 11.4 Å². The van der Waals surface area contributed by atoms with Crippen LogP contribution in [-0.2, 0) is 4.79 Å². The van der Waals surface area contributed by atoms with E-state index in [1.54, 1.807) is 18.5 Å². The van der Waals surface area contributed by atoms with Gasteiger partial charge in [-0.15, -0.1) is 0 Å². The van der Waals surface area contributed by atoms with E-state index in [0.29, 0.717) is 5.82 Å². The van der Waals surface area contributed by atoms with Crippen molar-refractivity contribution >= 4 is 35.1 Å². The Bertz CT molecular complexity index is 712. The first-order chi connectivity index (χ1) is 9.65. The summed E-state index contributed by atoms with van der Waals surface area (Å²) in [6.45, 7) is 0. The van der Waals surface area contributed by atoms with Gasteiger partial charge in [-0.3, -0.25) is 0 Å². The Balaban J connectivity index is 2.01. The predicted molar refractivity (Wildman–Crippen MR) is 76.5 cm³/mol. The van der Waals surface area contributed by atoms with Crippen molar-refractivity contribution in [3.63, 3.8) is 0 Å². The average Bonchev–Trinajstić information content (AvgIpc) is 2.45. The summed E-state index contributed by atoms with van der Waals surface area (Å²) in [5.41, 5.74) is 2.64. The molecule has 0 unspecified atom stereocenters. The minimum absolute atomic E-state index is 0.682. The quantitative estimate of drug-likeness (QED) is 0.814. The summed E-state index contributed by atoms with van der Waals surface area (Å²) in [5, 5.41) is 11.9. The van der Waals surface area contributed by atoms with Gasteiger partial charge in [0.1, 0.15) is 0 Å². The third-order valence-electron chi connectivity index (χ3n) is 3.05. The number of hydrogen-bond acceptors (Lipinski definition) is 5. The highest BCUT2D eigenvalue weighted by Crippen LogP contribution is 2.40. The summed E-state index contributed by atoms with van der Waals surface area (Å²) in [6, 6.07) is 5.65. The zero-order valence-corrected chi connectivity index (χ0v) is 10.7. The standard InChI is InChI=1S/C14H12N4O2/c1-18-11-4-2-9(3-5-12(19)20)8-10(11)17-13-14(18)16-7-6-15-13/h2-8H,1H3,(H,15,17)(H,19,20). The third-order valence-corrected chi connectivity index (χ3v) is 3.05. The Morgan fingerprint density at radius 3 is 2.95 bits per heavy atom. The fraction of sp³-hybridized carbons (Fsp3) is 0.0714. The molecule has 0 bridgehead atoms. The summed E-state index contributed by atoms with van der Waals surface area (Å²) in [6.07, 6.45) is 5.93. The van der Waals surface area contributed by atoms with E-state index in [4.69, 9.17) is 5.11 Å². The van der Waals surface area contributed by atoms with Crippen molar-refractivity contribution in [1.82, 2.24) is 9.97 Å². The minimum atomic E-state index is -0.969. The second-order valence-corrected chi connectivity index (χ2v) is 4.36. The van der Waals surface area contributed by atoms with E-state index < -0.39 is 5.97 Å². The van der Waals surface area contributed by atoms with E-state index in [-0.39, 0.29) is 0 Å². The molecule has 2 aromatic rings. The van der Waals surface area contributed by atoms with Gasteiger partial charge in [-0.2, -0.15) is 0 Å². The van der Waals surface area contributed by atoms with Crippen LogP contribution in [0, 0.1) is 0 Å². The Hall–Kier alpha value is -2.89. The van der Waals surface area contributed by atoms with E-state index in [1.165, 1.54) is 0 Å². The van der Waals surface area contributed by atoms with E-state index in [2.05, 4.69) is 15.3 Å². The molecule has 0 saturated heterocycles. The van der Waals surface area contributed by atoms with Gasteiger partial charge in [-0.1, -0.05) is 6.07 Å². The van der Waals surface area contributed by atoms with Crippen LogP contribution in [-0.4, -0.2) is 28.1 Å². The molecule has 1 aromatic carbocycles. The number of aliphatic carboxylic acids is 1. The maximum Gasteiger partial charge on any atom is 0.328 e. The maximum atomic E-state index is 10.5. The van der Waals surface area contributed by atoms with Crippen LogP contribution in [0.25, 0.3) is 6.08 Å². The van der Waals surface area contributed by atoms with E-state index in [0.717, 1.165) is 28.8 Å². The van der Waals surface area contributed by atoms with E-state index >= 15 is 0 Å². The molecule has 0 saturated carbocycles. The normalized spacial score (nSPS) is 12.8. The first-order valence-corrected chi connectivity index (χ1v) is 6.02. The molecule has 20 heavy (non-hydrogen) atoms. The molecule has 2 heterocycles. The molecule has 0 atom stereocenters. The van der Waals surface area contributed by atoms with Crippen molar-refractivity contribution < 1.29 is 9.90 Å². The molecular formula is C14H12N4O2. The highest BCUT2D eigenvalue weighted by molar-refractivity contribution is 5.90. The van der Waals surface area contributed by atoms with Crippen LogP contribution in [0.2, 0.25) is 0 Å². The largest absolute Gasteiger partial charge is 0.478 e. The highest BCUT2D eigenvalue weighted by Gasteiger charge is 2.21. The van der Waals surface area contributed by atoms with E-state index in [9.17, 15) is 4.79 Å². The number of carboxylic acid groups (broad SMARTS) is 1. The minimum Gasteiger partial charge on any atom is -0.478 e.